The smallest absolute Gasteiger partial charge is 0.411 e. The van der Waals surface area contributed by atoms with Gasteiger partial charge in [-0.2, -0.15) is 13.2 Å². The Morgan fingerprint density at radius 1 is 1.35 bits per heavy atom. The van der Waals surface area contributed by atoms with Gasteiger partial charge in [0.1, 0.15) is 12.4 Å². The molecule has 1 aromatic heterocycles. The van der Waals surface area contributed by atoms with E-state index in [1.54, 1.807) is 0 Å². The minimum absolute atomic E-state index is 0.109. The van der Waals surface area contributed by atoms with Crippen LogP contribution in [0.3, 0.4) is 0 Å². The zero-order valence-electron chi connectivity index (χ0n) is 10.7. The maximum absolute atomic E-state index is 11.8. The fraction of sp³-hybridized carbons (Fsp3) is 0.600. The molecule has 0 bridgehead atoms. The van der Waals surface area contributed by atoms with E-state index in [-0.39, 0.29) is 24.8 Å². The van der Waals surface area contributed by atoms with Crippen molar-refractivity contribution >= 4 is 10.0 Å². The first-order valence-electron chi connectivity index (χ1n) is 5.62. The van der Waals surface area contributed by atoms with E-state index in [1.807, 2.05) is 0 Å². The van der Waals surface area contributed by atoms with Crippen LogP contribution in [0.15, 0.2) is 21.6 Å². The van der Waals surface area contributed by atoms with Crippen molar-refractivity contribution in [2.75, 3.05) is 26.8 Å². The molecule has 0 aliphatic rings. The second kappa shape index (κ2) is 7.07. The molecule has 0 radical (unpaired) electrons. The van der Waals surface area contributed by atoms with Crippen LogP contribution in [0.2, 0.25) is 0 Å². The van der Waals surface area contributed by atoms with Gasteiger partial charge in [-0.3, -0.25) is 0 Å². The molecule has 0 atom stereocenters. The molecule has 116 valence electrons. The lowest BCUT2D eigenvalue weighted by molar-refractivity contribution is -0.173. The number of ether oxygens (including phenoxy) is 1. The lowest BCUT2D eigenvalue weighted by atomic mass is 10.4. The van der Waals surface area contributed by atoms with Crippen molar-refractivity contribution in [1.29, 1.82) is 0 Å². The minimum Gasteiger partial charge on any atom is -0.447 e. The number of hydrogen-bond donors (Lipinski definition) is 2. The summed E-state index contributed by atoms with van der Waals surface area (Å²) < 4.78 is 69.6. The van der Waals surface area contributed by atoms with E-state index in [1.165, 1.54) is 19.2 Å². The lowest BCUT2D eigenvalue weighted by Gasteiger charge is -2.07. The van der Waals surface area contributed by atoms with Gasteiger partial charge in [0, 0.05) is 6.54 Å². The van der Waals surface area contributed by atoms with Gasteiger partial charge in [0.15, 0.2) is 0 Å². The van der Waals surface area contributed by atoms with Crippen molar-refractivity contribution < 1.29 is 30.7 Å². The number of hydrogen-bond acceptors (Lipinski definition) is 5. The molecule has 10 heteroatoms. The molecular weight excluding hydrogens is 301 g/mol. The van der Waals surface area contributed by atoms with Gasteiger partial charge in [-0.05, 0) is 19.2 Å². The number of sulfonamides is 1. The molecule has 0 unspecified atom stereocenters. The van der Waals surface area contributed by atoms with Crippen LogP contribution in [-0.4, -0.2) is 41.4 Å². The average molecular weight is 316 g/mol. The van der Waals surface area contributed by atoms with Crippen molar-refractivity contribution in [3.8, 4) is 0 Å². The molecule has 0 aliphatic heterocycles. The summed E-state index contributed by atoms with van der Waals surface area (Å²) in [5, 5.41) is 2.55. The Balaban J connectivity index is 2.27. The topological polar surface area (TPSA) is 80.6 Å². The van der Waals surface area contributed by atoms with Crippen LogP contribution >= 0.6 is 0 Å². The Labute approximate surface area is 114 Å². The number of rotatable bonds is 8. The van der Waals surface area contributed by atoms with Gasteiger partial charge in [-0.25, -0.2) is 13.1 Å². The summed E-state index contributed by atoms with van der Waals surface area (Å²) in [7, 11) is -2.37. The molecule has 0 aromatic carbocycles. The summed E-state index contributed by atoms with van der Waals surface area (Å²) in [6.07, 6.45) is -4.34. The van der Waals surface area contributed by atoms with Gasteiger partial charge >= 0.3 is 6.18 Å². The minimum atomic E-state index is -4.34. The Morgan fingerprint density at radius 2 is 2.05 bits per heavy atom. The van der Waals surface area contributed by atoms with Crippen LogP contribution in [0.4, 0.5) is 13.2 Å². The van der Waals surface area contributed by atoms with Gasteiger partial charge in [0.05, 0.1) is 13.2 Å². The van der Waals surface area contributed by atoms with Crippen LogP contribution in [0.25, 0.3) is 0 Å². The molecule has 1 heterocycles. The largest absolute Gasteiger partial charge is 0.447 e. The van der Waals surface area contributed by atoms with E-state index in [4.69, 9.17) is 4.42 Å². The molecule has 1 aromatic rings. The summed E-state index contributed by atoms with van der Waals surface area (Å²) in [5.41, 5.74) is 0. The van der Waals surface area contributed by atoms with Crippen LogP contribution < -0.4 is 10.0 Å². The first-order valence-corrected chi connectivity index (χ1v) is 7.10. The third kappa shape index (κ3) is 5.90. The van der Waals surface area contributed by atoms with Gasteiger partial charge in [-0.1, -0.05) is 0 Å². The van der Waals surface area contributed by atoms with Crippen LogP contribution in [-0.2, 0) is 21.3 Å². The summed E-state index contributed by atoms with van der Waals surface area (Å²) in [6.45, 7) is -1.03. The highest BCUT2D eigenvalue weighted by molar-refractivity contribution is 7.89. The molecule has 0 fully saturated rings. The Kier molecular flexibility index (Phi) is 5.99. The molecule has 0 amide bonds. The highest BCUT2D eigenvalue weighted by Gasteiger charge is 2.27. The number of halogens is 3. The SMILES string of the molecule is CNS(=O)(=O)c1ccc(CNCCOCC(F)(F)F)o1. The molecule has 0 spiro atoms. The molecule has 6 nitrogen and oxygen atoms in total. The van der Waals surface area contributed by atoms with Gasteiger partial charge in [0.25, 0.3) is 10.0 Å². The van der Waals surface area contributed by atoms with Gasteiger partial charge < -0.3 is 14.5 Å². The van der Waals surface area contributed by atoms with Crippen molar-refractivity contribution in [3.63, 3.8) is 0 Å². The lowest BCUT2D eigenvalue weighted by Crippen LogP contribution is -2.23. The second-order valence-corrected chi connectivity index (χ2v) is 5.59. The predicted octanol–water partition coefficient (Wildman–Crippen LogP) is 0.856. The van der Waals surface area contributed by atoms with E-state index >= 15 is 0 Å². The Hall–Kier alpha value is -1.10. The quantitative estimate of drug-likeness (QED) is 0.695. The monoisotopic (exact) mass is 316 g/mol. The number of furan rings is 1. The second-order valence-electron chi connectivity index (χ2n) is 3.77. The zero-order chi connectivity index (χ0) is 15.2. The number of nitrogens with one attached hydrogen (secondary N) is 2. The van der Waals surface area contributed by atoms with Gasteiger partial charge in [-0.15, -0.1) is 0 Å². The van der Waals surface area contributed by atoms with Crippen LogP contribution in [0, 0.1) is 0 Å². The highest BCUT2D eigenvalue weighted by atomic mass is 32.2. The summed E-state index contributed by atoms with van der Waals surface area (Å²) >= 11 is 0. The van der Waals surface area contributed by atoms with Crippen molar-refractivity contribution in [2.24, 2.45) is 0 Å². The van der Waals surface area contributed by atoms with E-state index in [9.17, 15) is 21.6 Å². The fourth-order valence-corrected chi connectivity index (χ4v) is 1.91. The zero-order valence-corrected chi connectivity index (χ0v) is 11.5. The Bertz CT molecular complexity index is 513. The molecular formula is C10H15F3N2O4S. The Morgan fingerprint density at radius 3 is 2.65 bits per heavy atom. The van der Waals surface area contributed by atoms with E-state index < -0.39 is 22.8 Å². The van der Waals surface area contributed by atoms with E-state index in [0.29, 0.717) is 5.76 Å². The standard InChI is InChI=1S/C10H15F3N2O4S/c1-14-20(16,17)9-3-2-8(19-9)6-15-4-5-18-7-10(11,12)13/h2-3,14-15H,4-7H2,1H3. The van der Waals surface area contributed by atoms with Crippen molar-refractivity contribution in [3.05, 3.63) is 17.9 Å². The van der Waals surface area contributed by atoms with Crippen LogP contribution in [0.1, 0.15) is 5.76 Å². The van der Waals surface area contributed by atoms with Crippen LogP contribution in [0.5, 0.6) is 0 Å². The predicted molar refractivity (Wildman–Crippen MR) is 63.5 cm³/mol. The molecule has 0 aliphatic carbocycles. The molecule has 1 rings (SSSR count). The summed E-state index contributed by atoms with van der Waals surface area (Å²) in [6, 6.07) is 2.76. The van der Waals surface area contributed by atoms with Gasteiger partial charge in [0.2, 0.25) is 5.09 Å². The molecule has 0 saturated heterocycles. The first-order chi connectivity index (χ1) is 9.24. The third-order valence-electron chi connectivity index (χ3n) is 2.16. The average Bonchev–Trinajstić information content (AvgIpc) is 2.81. The van der Waals surface area contributed by atoms with E-state index in [0.717, 1.165) is 0 Å². The molecule has 0 saturated carbocycles. The molecule has 2 N–H and O–H groups in total. The normalized spacial score (nSPS) is 12.8. The molecule has 20 heavy (non-hydrogen) atoms. The third-order valence-corrected chi connectivity index (χ3v) is 3.45. The maximum Gasteiger partial charge on any atom is 0.411 e. The summed E-state index contributed by atoms with van der Waals surface area (Å²) in [4.78, 5) is 0. The van der Waals surface area contributed by atoms with E-state index in [2.05, 4.69) is 14.8 Å². The first kappa shape index (κ1) is 17.0. The summed E-state index contributed by atoms with van der Waals surface area (Å²) in [5.74, 6) is 0.356. The fourth-order valence-electron chi connectivity index (χ4n) is 1.24. The van der Waals surface area contributed by atoms with Crippen molar-refractivity contribution in [2.45, 2.75) is 17.8 Å². The maximum atomic E-state index is 11.8. The number of alkyl halides is 3. The van der Waals surface area contributed by atoms with Crippen molar-refractivity contribution in [1.82, 2.24) is 10.0 Å². The highest BCUT2D eigenvalue weighted by Crippen LogP contribution is 2.14.